The largest absolute Gasteiger partial charge is 0.493 e. The standard InChI is InChI=1S/C60H68N6O10S2/c1-8-62-76-35-48(67)25-44(59(71)73-7)36-77-78-60(3,4)18-17-56(68)63-45-21-38(33-74-53-28-52-50(19-37(53)2)58(70)66-31-43-16-12-10-14-41(43)24-47(66)32-64(52)5)20-39(22-45)34-75-55-27-51-49(26-54(55)72-6)57(69)65-30-42-15-11-9-13-40(42)23-46(65)29-61-51/h8-16,19-22,26-28,44,46-47,61H,17-18,23-25,29-36H2,1-7H3,(H,63,68)/t44?,46-,47-/m0/s1. The number of oxime groups is 1. The Hall–Kier alpha value is -7.18. The van der Waals surface area contributed by atoms with Crippen molar-refractivity contribution in [1.82, 2.24) is 9.80 Å². The minimum Gasteiger partial charge on any atom is -0.493 e. The van der Waals surface area contributed by atoms with Gasteiger partial charge >= 0.3 is 5.97 Å². The van der Waals surface area contributed by atoms with Crippen LogP contribution in [0.5, 0.6) is 17.2 Å². The van der Waals surface area contributed by atoms with Gasteiger partial charge in [0.05, 0.1) is 54.7 Å². The van der Waals surface area contributed by atoms with E-state index in [1.165, 1.54) is 40.8 Å². The van der Waals surface area contributed by atoms with E-state index in [1.807, 2.05) is 92.2 Å². The summed E-state index contributed by atoms with van der Waals surface area (Å²) in [6, 6.07) is 29.8. The van der Waals surface area contributed by atoms with Crippen molar-refractivity contribution in [2.45, 2.75) is 103 Å². The fourth-order valence-corrected chi connectivity index (χ4v) is 13.5. The molecule has 4 heterocycles. The molecule has 0 aliphatic carbocycles. The second-order valence-corrected chi connectivity index (χ2v) is 24.0. The summed E-state index contributed by atoms with van der Waals surface area (Å²) >= 11 is 0. The number of anilines is 3. The molecule has 4 aliphatic rings. The van der Waals surface area contributed by atoms with Gasteiger partial charge in [-0.25, -0.2) is 0 Å². The van der Waals surface area contributed by atoms with Crippen LogP contribution in [0, 0.1) is 12.8 Å². The second kappa shape index (κ2) is 24.7. The van der Waals surface area contributed by atoms with Crippen molar-refractivity contribution in [1.29, 1.82) is 0 Å². The average Bonchev–Trinajstić information content (AvgIpc) is 3.73. The molecule has 9 rings (SSSR count). The molecule has 4 aliphatic heterocycles. The maximum atomic E-state index is 14.2. The fraction of sp³-hybridized carbons (Fsp3) is 0.400. The molecule has 16 nitrogen and oxygen atoms in total. The van der Waals surface area contributed by atoms with Gasteiger partial charge in [-0.05, 0) is 116 Å². The number of carbonyl (C=O) groups excluding carboxylic acids is 5. The molecule has 0 aromatic heterocycles. The fourth-order valence-electron chi connectivity index (χ4n) is 10.6. The lowest BCUT2D eigenvalue weighted by Crippen LogP contribution is -2.47. The lowest BCUT2D eigenvalue weighted by molar-refractivity contribution is -0.146. The normalized spacial score (nSPS) is 16.9. The first kappa shape index (κ1) is 55.6. The van der Waals surface area contributed by atoms with Gasteiger partial charge in [-0.15, -0.1) is 0 Å². The van der Waals surface area contributed by atoms with E-state index in [0.29, 0.717) is 78.1 Å². The number of benzene rings is 5. The van der Waals surface area contributed by atoms with E-state index in [0.717, 1.165) is 40.8 Å². The van der Waals surface area contributed by atoms with Gasteiger partial charge < -0.3 is 49.1 Å². The number of methoxy groups -OCH3 is 2. The number of ketones is 1. The maximum absolute atomic E-state index is 14.2. The minimum atomic E-state index is -0.657. The number of likely N-dealkylation sites (N-methyl/N-ethyl adjacent to an activating group) is 1. The smallest absolute Gasteiger partial charge is 0.309 e. The molecule has 410 valence electrons. The van der Waals surface area contributed by atoms with E-state index < -0.39 is 11.9 Å². The zero-order chi connectivity index (χ0) is 55.1. The third-order valence-corrected chi connectivity index (χ3v) is 18.2. The van der Waals surface area contributed by atoms with Crippen LogP contribution in [0.1, 0.15) is 99.7 Å². The topological polar surface area (TPSA) is 178 Å². The van der Waals surface area contributed by atoms with Gasteiger partial charge in [0, 0.05) is 80.6 Å². The number of rotatable bonds is 21. The van der Waals surface area contributed by atoms with Crippen LogP contribution in [0.15, 0.2) is 96.2 Å². The Labute approximate surface area is 464 Å². The number of carbonyl (C=O) groups is 5. The molecular weight excluding hydrogens is 1030 g/mol. The van der Waals surface area contributed by atoms with Gasteiger partial charge in [-0.2, -0.15) is 0 Å². The van der Waals surface area contributed by atoms with E-state index in [1.54, 1.807) is 30.9 Å². The van der Waals surface area contributed by atoms with Gasteiger partial charge in [0.15, 0.2) is 23.9 Å². The van der Waals surface area contributed by atoms with Gasteiger partial charge in [-0.3, -0.25) is 24.0 Å². The third kappa shape index (κ3) is 13.0. The number of aryl methyl sites for hydroxylation is 1. The summed E-state index contributed by atoms with van der Waals surface area (Å²) in [5, 5.41) is 10.3. The minimum absolute atomic E-state index is 0.00761. The number of amides is 3. The van der Waals surface area contributed by atoms with Crippen LogP contribution in [0.25, 0.3) is 0 Å². The van der Waals surface area contributed by atoms with Crippen molar-refractivity contribution in [3.63, 3.8) is 0 Å². The van der Waals surface area contributed by atoms with E-state index in [9.17, 15) is 24.0 Å². The van der Waals surface area contributed by atoms with E-state index >= 15 is 0 Å². The zero-order valence-electron chi connectivity index (χ0n) is 45.3. The van der Waals surface area contributed by atoms with Crippen molar-refractivity contribution in [2.24, 2.45) is 11.1 Å². The Morgan fingerprint density at radius 3 is 2.13 bits per heavy atom. The summed E-state index contributed by atoms with van der Waals surface area (Å²) in [6.07, 6.45) is 3.67. The third-order valence-electron chi connectivity index (χ3n) is 14.8. The summed E-state index contributed by atoms with van der Waals surface area (Å²) in [6.45, 7) is 10.1. The molecule has 0 fully saturated rings. The first-order chi connectivity index (χ1) is 37.6. The average molecular weight is 1100 g/mol. The Balaban J connectivity index is 0.909. The SMILES string of the molecule is CC=NOCC(=O)CC(CSSC(C)(C)CCC(=O)Nc1cc(COc2cc3c(cc2C)C(=O)N2Cc4ccccc4C[C@H]2CN3C)cc(COc2cc3c(cc2OC)C(=O)N2Cc4ccccc4C[C@H]2CN3)c1)C(=O)OC. The summed E-state index contributed by atoms with van der Waals surface area (Å²) in [7, 11) is 7.88. The van der Waals surface area contributed by atoms with Crippen LogP contribution in [0.4, 0.5) is 17.1 Å². The van der Waals surface area contributed by atoms with Gasteiger partial charge in [0.25, 0.3) is 11.8 Å². The van der Waals surface area contributed by atoms with Crippen LogP contribution < -0.4 is 29.7 Å². The molecule has 0 radical (unpaired) electrons. The summed E-state index contributed by atoms with van der Waals surface area (Å²) in [5.74, 6) is 0.192. The number of esters is 1. The highest BCUT2D eigenvalue weighted by molar-refractivity contribution is 8.77. The molecule has 0 saturated heterocycles. The molecule has 3 atom stereocenters. The molecule has 0 spiro atoms. The lowest BCUT2D eigenvalue weighted by Gasteiger charge is -2.36. The maximum Gasteiger partial charge on any atom is 0.309 e. The molecule has 5 aromatic carbocycles. The Morgan fingerprint density at radius 1 is 0.821 bits per heavy atom. The van der Waals surface area contributed by atoms with Crippen molar-refractivity contribution in [3.05, 3.63) is 141 Å². The molecule has 0 saturated carbocycles. The van der Waals surface area contributed by atoms with Crippen LogP contribution in [-0.4, -0.2) is 109 Å². The Morgan fingerprint density at radius 2 is 1.46 bits per heavy atom. The first-order valence-electron chi connectivity index (χ1n) is 26.4. The number of Topliss-reactive ketones (excluding diaryl/α,β-unsaturated/α-hetero) is 1. The number of ether oxygens (including phenoxy) is 4. The number of nitrogens with one attached hydrogen (secondary N) is 2. The quantitative estimate of drug-likeness (QED) is 0.0307. The predicted molar refractivity (Wildman–Crippen MR) is 306 cm³/mol. The molecule has 2 N–H and O–H groups in total. The molecule has 18 heteroatoms. The lowest BCUT2D eigenvalue weighted by atomic mass is 9.93. The van der Waals surface area contributed by atoms with E-state index in [-0.39, 0.29) is 73.0 Å². The zero-order valence-corrected chi connectivity index (χ0v) is 47.0. The van der Waals surface area contributed by atoms with Crippen molar-refractivity contribution in [2.75, 3.05) is 62.3 Å². The van der Waals surface area contributed by atoms with Gasteiger partial charge in [0.1, 0.15) is 19.0 Å². The second-order valence-electron chi connectivity index (χ2n) is 21.0. The number of fused-ring (bicyclic) bond motifs is 6. The van der Waals surface area contributed by atoms with Crippen molar-refractivity contribution >= 4 is 74.3 Å². The molecule has 78 heavy (non-hydrogen) atoms. The monoisotopic (exact) mass is 1100 g/mol. The van der Waals surface area contributed by atoms with E-state index in [2.05, 4.69) is 51.0 Å². The molecule has 1 unspecified atom stereocenters. The van der Waals surface area contributed by atoms with Crippen LogP contribution in [0.2, 0.25) is 0 Å². The number of hydrogen-bond acceptors (Lipinski definition) is 15. The van der Waals surface area contributed by atoms with Crippen molar-refractivity contribution < 1.29 is 47.8 Å². The van der Waals surface area contributed by atoms with Crippen LogP contribution in [-0.2, 0) is 63.1 Å². The summed E-state index contributed by atoms with van der Waals surface area (Å²) < 4.78 is 23.6. The van der Waals surface area contributed by atoms with Gasteiger partial charge in [0.2, 0.25) is 5.91 Å². The predicted octanol–water partition coefficient (Wildman–Crippen LogP) is 9.82. The summed E-state index contributed by atoms with van der Waals surface area (Å²) in [5.41, 5.74) is 10.4. The molecule has 0 bridgehead atoms. The van der Waals surface area contributed by atoms with Crippen LogP contribution >= 0.6 is 21.6 Å². The highest BCUT2D eigenvalue weighted by atomic mass is 33.1. The van der Waals surface area contributed by atoms with Crippen LogP contribution in [0.3, 0.4) is 0 Å². The highest BCUT2D eigenvalue weighted by Gasteiger charge is 2.37. The number of nitrogens with zero attached hydrogens (tertiary/aromatic N) is 4. The van der Waals surface area contributed by atoms with Gasteiger partial charge in [-0.1, -0.05) is 75.3 Å². The summed E-state index contributed by atoms with van der Waals surface area (Å²) in [4.78, 5) is 78.4. The molecule has 3 amide bonds. The van der Waals surface area contributed by atoms with E-state index in [4.69, 9.17) is 23.8 Å². The Kier molecular flexibility index (Phi) is 17.6. The molecular formula is C60H68N6O10S2. The highest BCUT2D eigenvalue weighted by Crippen LogP contribution is 2.42. The number of hydrogen-bond donors (Lipinski definition) is 2. The first-order valence-corrected chi connectivity index (χ1v) is 28.7. The molecule has 5 aromatic rings. The Bertz CT molecular complexity index is 3110. The van der Waals surface area contributed by atoms with Crippen molar-refractivity contribution in [3.8, 4) is 17.2 Å².